The molecule has 1 fully saturated rings. The minimum atomic E-state index is 0.0103. The van der Waals surface area contributed by atoms with Crippen molar-refractivity contribution in [1.29, 1.82) is 0 Å². The minimum absolute atomic E-state index is 0.0103. The van der Waals surface area contributed by atoms with Crippen LogP contribution in [0.15, 0.2) is 41.8 Å². The Morgan fingerprint density at radius 1 is 1.25 bits per heavy atom. The monoisotopic (exact) mass is 305 g/mol. The van der Waals surface area contributed by atoms with Crippen LogP contribution in [0, 0.1) is 0 Å². The Bertz CT molecular complexity index is 575. The van der Waals surface area contributed by atoms with E-state index < -0.39 is 0 Å². The van der Waals surface area contributed by atoms with Crippen molar-refractivity contribution in [3.05, 3.63) is 57.2 Å². The summed E-state index contributed by atoms with van der Waals surface area (Å²) in [5.74, 6) is 0. The molecule has 0 spiro atoms. The van der Waals surface area contributed by atoms with E-state index in [9.17, 15) is 4.79 Å². The Morgan fingerprint density at radius 3 is 2.50 bits per heavy atom. The molecule has 0 bridgehead atoms. The summed E-state index contributed by atoms with van der Waals surface area (Å²) in [5, 5.41) is 5.85. The molecule has 1 unspecified atom stereocenters. The fourth-order valence-corrected chi connectivity index (χ4v) is 4.15. The van der Waals surface area contributed by atoms with Crippen molar-refractivity contribution in [1.82, 2.24) is 5.32 Å². The minimum Gasteiger partial charge on any atom is -0.350 e. The lowest BCUT2D eigenvalue weighted by atomic mass is 9.60. The molecule has 0 radical (unpaired) electrons. The zero-order valence-electron chi connectivity index (χ0n) is 11.0. The van der Waals surface area contributed by atoms with Gasteiger partial charge in [-0.3, -0.25) is 4.79 Å². The quantitative estimate of drug-likeness (QED) is 0.819. The van der Waals surface area contributed by atoms with Gasteiger partial charge in [-0.1, -0.05) is 36.2 Å². The molecule has 2 aromatic rings. The van der Waals surface area contributed by atoms with E-state index in [-0.39, 0.29) is 11.5 Å². The van der Waals surface area contributed by atoms with Gasteiger partial charge < -0.3 is 5.32 Å². The Balaban J connectivity index is 2.01. The van der Waals surface area contributed by atoms with Crippen LogP contribution in [-0.4, -0.2) is 6.41 Å². The molecule has 2 nitrogen and oxygen atoms in total. The normalized spacial score (nSPS) is 18.1. The van der Waals surface area contributed by atoms with Crippen molar-refractivity contribution in [2.24, 2.45) is 0 Å². The number of carbonyl (C=O) groups excluding carboxylic acids is 1. The number of hydrogen-bond donors (Lipinski definition) is 1. The zero-order chi connectivity index (χ0) is 14.0. The second kappa shape index (κ2) is 5.58. The van der Waals surface area contributed by atoms with Crippen molar-refractivity contribution in [2.45, 2.75) is 30.7 Å². The third-order valence-corrected chi connectivity index (χ3v) is 5.47. The maximum absolute atomic E-state index is 11.1. The Kier molecular flexibility index (Phi) is 3.81. The van der Waals surface area contributed by atoms with Gasteiger partial charge in [-0.25, -0.2) is 0 Å². The number of rotatable bonds is 5. The second-order valence-electron chi connectivity index (χ2n) is 5.25. The number of amides is 1. The maximum Gasteiger partial charge on any atom is 0.207 e. The van der Waals surface area contributed by atoms with E-state index in [1.165, 1.54) is 16.9 Å². The first-order valence-corrected chi connectivity index (χ1v) is 8.01. The van der Waals surface area contributed by atoms with E-state index in [0.29, 0.717) is 0 Å². The van der Waals surface area contributed by atoms with E-state index in [2.05, 4.69) is 28.9 Å². The summed E-state index contributed by atoms with van der Waals surface area (Å²) < 4.78 is 0. The van der Waals surface area contributed by atoms with Gasteiger partial charge >= 0.3 is 0 Å². The average molecular weight is 306 g/mol. The fourth-order valence-electron chi connectivity index (χ4n) is 3.12. The number of carbonyl (C=O) groups is 1. The van der Waals surface area contributed by atoms with Gasteiger partial charge in [0.1, 0.15) is 0 Å². The number of hydrogen-bond acceptors (Lipinski definition) is 2. The third-order valence-electron chi connectivity index (χ3n) is 4.28. The SMILES string of the molecule is O=CNC(c1cccs1)C1(c2ccc(Cl)cc2)CCC1. The van der Waals surface area contributed by atoms with E-state index in [4.69, 9.17) is 11.6 Å². The van der Waals surface area contributed by atoms with Crippen LogP contribution >= 0.6 is 22.9 Å². The van der Waals surface area contributed by atoms with E-state index >= 15 is 0 Å². The predicted octanol–water partition coefficient (Wildman–Crippen LogP) is 4.31. The van der Waals surface area contributed by atoms with Crippen molar-refractivity contribution in [3.63, 3.8) is 0 Å². The molecule has 1 aromatic heterocycles. The fraction of sp³-hybridized carbons (Fsp3) is 0.312. The molecule has 104 valence electrons. The third kappa shape index (κ3) is 2.25. The summed E-state index contributed by atoms with van der Waals surface area (Å²) >= 11 is 7.69. The summed E-state index contributed by atoms with van der Waals surface area (Å²) in [7, 11) is 0. The van der Waals surface area contributed by atoms with E-state index in [1.807, 2.05) is 18.2 Å². The summed E-state index contributed by atoms with van der Waals surface area (Å²) in [5.41, 5.74) is 1.27. The van der Waals surface area contributed by atoms with Crippen LogP contribution in [0.4, 0.5) is 0 Å². The largest absolute Gasteiger partial charge is 0.350 e. The van der Waals surface area contributed by atoms with Crippen LogP contribution in [0.3, 0.4) is 0 Å². The number of thiophene rings is 1. The van der Waals surface area contributed by atoms with Crippen molar-refractivity contribution in [3.8, 4) is 0 Å². The van der Waals surface area contributed by atoms with Gasteiger partial charge in [0.15, 0.2) is 0 Å². The highest BCUT2D eigenvalue weighted by Gasteiger charge is 2.46. The highest BCUT2D eigenvalue weighted by atomic mass is 35.5. The predicted molar refractivity (Wildman–Crippen MR) is 83.2 cm³/mol. The summed E-state index contributed by atoms with van der Waals surface area (Å²) in [6.45, 7) is 0. The molecule has 1 amide bonds. The molecule has 1 aromatic carbocycles. The first-order chi connectivity index (χ1) is 9.76. The van der Waals surface area contributed by atoms with Gasteiger partial charge in [-0.05, 0) is 42.0 Å². The van der Waals surface area contributed by atoms with E-state index in [1.54, 1.807) is 11.3 Å². The Labute approximate surface area is 127 Å². The van der Waals surface area contributed by atoms with Crippen LogP contribution in [0.25, 0.3) is 0 Å². The molecule has 3 rings (SSSR count). The zero-order valence-corrected chi connectivity index (χ0v) is 12.6. The second-order valence-corrected chi connectivity index (χ2v) is 6.67. The van der Waals surface area contributed by atoms with E-state index in [0.717, 1.165) is 24.3 Å². The van der Waals surface area contributed by atoms with Gasteiger partial charge in [-0.15, -0.1) is 11.3 Å². The van der Waals surface area contributed by atoms with Crippen molar-refractivity contribution < 1.29 is 4.79 Å². The molecular formula is C16H16ClNOS. The lowest BCUT2D eigenvalue weighted by Crippen LogP contribution is -2.46. The van der Waals surface area contributed by atoms with Crippen LogP contribution in [0.2, 0.25) is 5.02 Å². The van der Waals surface area contributed by atoms with Crippen molar-refractivity contribution >= 4 is 29.3 Å². The molecular weight excluding hydrogens is 290 g/mol. The maximum atomic E-state index is 11.1. The highest BCUT2D eigenvalue weighted by Crippen LogP contribution is 2.52. The first-order valence-electron chi connectivity index (χ1n) is 6.75. The van der Waals surface area contributed by atoms with Gasteiger partial charge in [0, 0.05) is 15.3 Å². The molecule has 1 N–H and O–H groups in total. The number of nitrogens with one attached hydrogen (secondary N) is 1. The molecule has 1 saturated carbocycles. The van der Waals surface area contributed by atoms with Gasteiger partial charge in [0.25, 0.3) is 0 Å². The Hall–Kier alpha value is -1.32. The van der Waals surface area contributed by atoms with Gasteiger partial charge in [0.05, 0.1) is 6.04 Å². The molecule has 20 heavy (non-hydrogen) atoms. The average Bonchev–Trinajstić information content (AvgIpc) is 2.92. The topological polar surface area (TPSA) is 29.1 Å². The summed E-state index contributed by atoms with van der Waals surface area (Å²) in [6, 6.07) is 12.2. The molecule has 1 atom stereocenters. The highest BCUT2D eigenvalue weighted by molar-refractivity contribution is 7.10. The van der Waals surface area contributed by atoms with Crippen molar-refractivity contribution in [2.75, 3.05) is 0 Å². The summed E-state index contributed by atoms with van der Waals surface area (Å²) in [4.78, 5) is 12.3. The first kappa shape index (κ1) is 13.7. The lowest BCUT2D eigenvalue weighted by Gasteiger charge is -2.47. The molecule has 0 saturated heterocycles. The standard InChI is InChI=1S/C16H16ClNOS/c17-13-6-4-12(5-7-13)16(8-2-9-16)15(18-11-19)14-3-1-10-20-14/h1,3-7,10-11,15H,2,8-9H2,(H,18,19). The Morgan fingerprint density at radius 2 is 2.00 bits per heavy atom. The molecule has 1 heterocycles. The molecule has 1 aliphatic rings. The lowest BCUT2D eigenvalue weighted by molar-refractivity contribution is -0.111. The summed E-state index contributed by atoms with van der Waals surface area (Å²) in [6.07, 6.45) is 4.21. The van der Waals surface area contributed by atoms with Crippen LogP contribution in [-0.2, 0) is 10.2 Å². The molecule has 4 heteroatoms. The molecule has 0 aliphatic heterocycles. The smallest absolute Gasteiger partial charge is 0.207 e. The van der Waals surface area contributed by atoms with Gasteiger partial charge in [0.2, 0.25) is 6.41 Å². The van der Waals surface area contributed by atoms with Crippen LogP contribution < -0.4 is 5.32 Å². The number of benzene rings is 1. The number of halogens is 1. The van der Waals surface area contributed by atoms with Gasteiger partial charge in [-0.2, -0.15) is 0 Å². The van der Waals surface area contributed by atoms with Crippen LogP contribution in [0.1, 0.15) is 35.7 Å². The van der Waals surface area contributed by atoms with Crippen LogP contribution in [0.5, 0.6) is 0 Å². The molecule has 1 aliphatic carbocycles.